The van der Waals surface area contributed by atoms with Crippen LogP contribution in [0.1, 0.15) is 31.2 Å². The fourth-order valence-electron chi connectivity index (χ4n) is 3.07. The summed E-state index contributed by atoms with van der Waals surface area (Å²) in [6.07, 6.45) is 4.38. The lowest BCUT2D eigenvalue weighted by Gasteiger charge is -2.14. The standard InChI is InChI=1S/C20H21N/c1-3-10-15(4-2)19-17-13-8-9-14-18(17)21-20(19)16-11-6-5-7-12-16/h4-9,11-15,21H,2-3,10H2,1H3. The molecule has 0 spiro atoms. The molecule has 1 unspecified atom stereocenters. The Morgan fingerprint density at radius 3 is 2.48 bits per heavy atom. The van der Waals surface area contributed by atoms with Crippen molar-refractivity contribution in [2.24, 2.45) is 0 Å². The molecule has 3 aromatic rings. The van der Waals surface area contributed by atoms with Gasteiger partial charge in [0.15, 0.2) is 0 Å². The van der Waals surface area contributed by atoms with Crippen LogP contribution in [0, 0.1) is 0 Å². The van der Waals surface area contributed by atoms with E-state index in [2.05, 4.69) is 79.2 Å². The predicted molar refractivity (Wildman–Crippen MR) is 91.6 cm³/mol. The summed E-state index contributed by atoms with van der Waals surface area (Å²) in [5.74, 6) is 0.390. The number of aromatic nitrogens is 1. The number of benzene rings is 2. The Balaban J connectivity index is 2.26. The molecule has 0 saturated heterocycles. The van der Waals surface area contributed by atoms with Crippen LogP contribution in [0.5, 0.6) is 0 Å². The summed E-state index contributed by atoms with van der Waals surface area (Å²) < 4.78 is 0. The number of hydrogen-bond acceptors (Lipinski definition) is 0. The molecule has 1 heterocycles. The molecule has 0 fully saturated rings. The number of aromatic amines is 1. The molecule has 1 N–H and O–H groups in total. The number of H-pyrrole nitrogens is 1. The van der Waals surface area contributed by atoms with E-state index < -0.39 is 0 Å². The first-order valence-electron chi connectivity index (χ1n) is 7.63. The molecule has 0 saturated carbocycles. The van der Waals surface area contributed by atoms with Gasteiger partial charge >= 0.3 is 0 Å². The third-order valence-corrected chi connectivity index (χ3v) is 4.06. The van der Waals surface area contributed by atoms with Crippen molar-refractivity contribution in [1.29, 1.82) is 0 Å². The van der Waals surface area contributed by atoms with Crippen molar-refractivity contribution >= 4 is 10.9 Å². The van der Waals surface area contributed by atoms with E-state index >= 15 is 0 Å². The lowest BCUT2D eigenvalue weighted by Crippen LogP contribution is -1.96. The maximum Gasteiger partial charge on any atom is 0.0503 e. The van der Waals surface area contributed by atoms with Crippen molar-refractivity contribution in [2.75, 3.05) is 0 Å². The lowest BCUT2D eigenvalue weighted by molar-refractivity contribution is 0.724. The average Bonchev–Trinajstić information content (AvgIpc) is 2.93. The van der Waals surface area contributed by atoms with Crippen LogP contribution >= 0.6 is 0 Å². The average molecular weight is 275 g/mol. The number of hydrogen-bond donors (Lipinski definition) is 1. The van der Waals surface area contributed by atoms with Gasteiger partial charge < -0.3 is 4.98 Å². The van der Waals surface area contributed by atoms with Crippen LogP contribution in [0.15, 0.2) is 67.3 Å². The molecule has 0 bridgehead atoms. The van der Waals surface area contributed by atoms with E-state index in [0.717, 1.165) is 12.8 Å². The van der Waals surface area contributed by atoms with Gasteiger partial charge in [-0.05, 0) is 23.6 Å². The highest BCUT2D eigenvalue weighted by molar-refractivity contribution is 5.91. The third-order valence-electron chi connectivity index (χ3n) is 4.06. The smallest absolute Gasteiger partial charge is 0.0503 e. The molecule has 0 aliphatic heterocycles. The van der Waals surface area contributed by atoms with Crippen molar-refractivity contribution in [1.82, 2.24) is 4.98 Å². The van der Waals surface area contributed by atoms with Crippen LogP contribution in [-0.2, 0) is 0 Å². The van der Waals surface area contributed by atoms with E-state index in [0.29, 0.717) is 5.92 Å². The van der Waals surface area contributed by atoms with Crippen LogP contribution in [0.4, 0.5) is 0 Å². The Hall–Kier alpha value is -2.28. The maximum absolute atomic E-state index is 4.06. The van der Waals surface area contributed by atoms with Gasteiger partial charge in [-0.15, -0.1) is 6.58 Å². The van der Waals surface area contributed by atoms with E-state index in [-0.39, 0.29) is 0 Å². The summed E-state index contributed by atoms with van der Waals surface area (Å²) in [6.45, 7) is 6.29. The van der Waals surface area contributed by atoms with E-state index in [1.54, 1.807) is 0 Å². The summed E-state index contributed by atoms with van der Waals surface area (Å²) in [6, 6.07) is 19.1. The Morgan fingerprint density at radius 1 is 1.05 bits per heavy atom. The highest BCUT2D eigenvalue weighted by Crippen LogP contribution is 2.37. The molecule has 1 aromatic heterocycles. The van der Waals surface area contributed by atoms with E-state index in [1.165, 1.54) is 27.7 Å². The topological polar surface area (TPSA) is 15.8 Å². The first-order chi connectivity index (χ1) is 10.3. The Labute approximate surface area is 126 Å². The van der Waals surface area contributed by atoms with Crippen LogP contribution in [-0.4, -0.2) is 4.98 Å². The highest BCUT2D eigenvalue weighted by atomic mass is 14.7. The second kappa shape index (κ2) is 6.01. The van der Waals surface area contributed by atoms with Crippen molar-refractivity contribution < 1.29 is 0 Å². The molecule has 3 rings (SSSR count). The van der Waals surface area contributed by atoms with Gasteiger partial charge in [0, 0.05) is 16.8 Å². The molecule has 21 heavy (non-hydrogen) atoms. The van der Waals surface area contributed by atoms with Gasteiger partial charge in [-0.1, -0.05) is 68.0 Å². The quantitative estimate of drug-likeness (QED) is 0.557. The Bertz CT molecular complexity index is 737. The third kappa shape index (κ3) is 2.52. The normalized spacial score (nSPS) is 12.4. The number of allylic oxidation sites excluding steroid dienone is 1. The predicted octanol–water partition coefficient (Wildman–Crippen LogP) is 5.90. The Kier molecular flexibility index (Phi) is 3.92. The van der Waals surface area contributed by atoms with Crippen molar-refractivity contribution in [2.45, 2.75) is 25.7 Å². The molecule has 1 nitrogen and oxygen atoms in total. The number of fused-ring (bicyclic) bond motifs is 1. The molecule has 1 atom stereocenters. The Morgan fingerprint density at radius 2 is 1.76 bits per heavy atom. The first kappa shape index (κ1) is 13.7. The van der Waals surface area contributed by atoms with Crippen LogP contribution in [0.25, 0.3) is 22.2 Å². The summed E-state index contributed by atoms with van der Waals surface area (Å²) in [5, 5.41) is 1.31. The molecule has 2 aromatic carbocycles. The van der Waals surface area contributed by atoms with Gasteiger partial charge in [0.25, 0.3) is 0 Å². The van der Waals surface area contributed by atoms with E-state index in [1.807, 2.05) is 0 Å². The zero-order valence-corrected chi connectivity index (χ0v) is 12.5. The number of rotatable bonds is 5. The first-order valence-corrected chi connectivity index (χ1v) is 7.63. The second-order valence-electron chi connectivity index (χ2n) is 5.46. The largest absolute Gasteiger partial charge is 0.354 e. The summed E-state index contributed by atoms with van der Waals surface area (Å²) in [7, 11) is 0. The second-order valence-corrected chi connectivity index (χ2v) is 5.46. The monoisotopic (exact) mass is 275 g/mol. The zero-order chi connectivity index (χ0) is 14.7. The molecule has 0 radical (unpaired) electrons. The van der Waals surface area contributed by atoms with Crippen LogP contribution in [0.2, 0.25) is 0 Å². The summed E-state index contributed by atoms with van der Waals surface area (Å²) >= 11 is 0. The fourth-order valence-corrected chi connectivity index (χ4v) is 3.07. The minimum atomic E-state index is 0.390. The molecule has 106 valence electrons. The molecule has 1 heteroatoms. The molecule has 0 amide bonds. The van der Waals surface area contributed by atoms with Gasteiger partial charge in [0.05, 0.1) is 5.69 Å². The summed E-state index contributed by atoms with van der Waals surface area (Å²) in [5.41, 5.74) is 5.06. The molecule has 0 aliphatic rings. The van der Waals surface area contributed by atoms with Crippen LogP contribution < -0.4 is 0 Å². The maximum atomic E-state index is 4.06. The molecule has 0 aliphatic carbocycles. The van der Waals surface area contributed by atoms with Gasteiger partial charge in [-0.2, -0.15) is 0 Å². The van der Waals surface area contributed by atoms with Crippen molar-refractivity contribution in [3.8, 4) is 11.3 Å². The zero-order valence-electron chi connectivity index (χ0n) is 12.5. The van der Waals surface area contributed by atoms with Gasteiger partial charge in [-0.3, -0.25) is 0 Å². The molecular formula is C20H21N. The fraction of sp³-hybridized carbons (Fsp3) is 0.200. The van der Waals surface area contributed by atoms with Gasteiger partial charge in [0.1, 0.15) is 0 Å². The minimum absolute atomic E-state index is 0.390. The summed E-state index contributed by atoms with van der Waals surface area (Å²) in [4.78, 5) is 3.61. The van der Waals surface area contributed by atoms with Gasteiger partial charge in [0.2, 0.25) is 0 Å². The van der Waals surface area contributed by atoms with Gasteiger partial charge in [-0.25, -0.2) is 0 Å². The van der Waals surface area contributed by atoms with E-state index in [4.69, 9.17) is 0 Å². The number of para-hydroxylation sites is 1. The minimum Gasteiger partial charge on any atom is -0.354 e. The molecular weight excluding hydrogens is 254 g/mol. The number of nitrogens with one attached hydrogen (secondary N) is 1. The SMILES string of the molecule is C=CC(CCC)c1c(-c2ccccc2)[nH]c2ccccc12. The van der Waals surface area contributed by atoms with Crippen molar-refractivity contribution in [3.63, 3.8) is 0 Å². The lowest BCUT2D eigenvalue weighted by atomic mass is 9.90. The van der Waals surface area contributed by atoms with Crippen LogP contribution in [0.3, 0.4) is 0 Å². The highest BCUT2D eigenvalue weighted by Gasteiger charge is 2.18. The van der Waals surface area contributed by atoms with Crippen molar-refractivity contribution in [3.05, 3.63) is 72.8 Å². The van der Waals surface area contributed by atoms with E-state index in [9.17, 15) is 0 Å².